The molecule has 1 aliphatic rings. The van der Waals surface area contributed by atoms with Crippen molar-refractivity contribution in [3.8, 4) is 6.07 Å². The van der Waals surface area contributed by atoms with E-state index in [1.807, 2.05) is 6.07 Å². The van der Waals surface area contributed by atoms with Crippen LogP contribution in [0.5, 0.6) is 0 Å². The minimum absolute atomic E-state index is 0.00150. The molecule has 1 N–H and O–H groups in total. The zero-order valence-corrected chi connectivity index (χ0v) is 18.5. The lowest BCUT2D eigenvalue weighted by atomic mass is 9.91. The molecule has 0 spiro atoms. The molecule has 172 valence electrons. The molecule has 0 saturated heterocycles. The molecule has 1 aliphatic heterocycles. The van der Waals surface area contributed by atoms with Gasteiger partial charge in [-0.1, -0.05) is 12.1 Å². The smallest absolute Gasteiger partial charge is 0.326 e. The summed E-state index contributed by atoms with van der Waals surface area (Å²) in [5.74, 6) is -0.515. The molecule has 11 heteroatoms. The third kappa shape index (κ3) is 4.61. The lowest BCUT2D eigenvalue weighted by molar-refractivity contribution is -0.137. The minimum atomic E-state index is -4.64. The fraction of sp³-hybridized carbons (Fsp3) is 0.227. The largest absolute Gasteiger partial charge is 0.416 e. The number of nitrogens with zero attached hydrogens (tertiary/aromatic N) is 2. The first-order valence-electron chi connectivity index (χ1n) is 9.49. The predicted octanol–water partition coefficient (Wildman–Crippen LogP) is 4.11. The zero-order valence-electron chi connectivity index (χ0n) is 17.7. The molecule has 3 rings (SSSR count). The van der Waals surface area contributed by atoms with Gasteiger partial charge in [0.05, 0.1) is 33.8 Å². The molecule has 2 aromatic rings. The van der Waals surface area contributed by atoms with Gasteiger partial charge < -0.3 is 5.32 Å². The van der Waals surface area contributed by atoms with Crippen LogP contribution in [0.4, 0.5) is 23.7 Å². The second kappa shape index (κ2) is 8.37. The van der Waals surface area contributed by atoms with Crippen molar-refractivity contribution in [2.24, 2.45) is 0 Å². The van der Waals surface area contributed by atoms with Gasteiger partial charge in [-0.3, -0.25) is 9.69 Å². The van der Waals surface area contributed by atoms with E-state index in [0.29, 0.717) is 0 Å². The topological polar surface area (TPSA) is 107 Å². The molecule has 1 unspecified atom stereocenters. The molecular weight excluding hydrogens is 459 g/mol. The van der Waals surface area contributed by atoms with E-state index in [4.69, 9.17) is 5.26 Å². The second-order valence-corrected chi connectivity index (χ2v) is 9.44. The highest BCUT2D eigenvalue weighted by molar-refractivity contribution is 7.90. The Morgan fingerprint density at radius 3 is 2.39 bits per heavy atom. The van der Waals surface area contributed by atoms with Crippen LogP contribution in [-0.4, -0.2) is 26.5 Å². The Labute approximate surface area is 188 Å². The summed E-state index contributed by atoms with van der Waals surface area (Å²) in [6.07, 6.45) is -3.71. The Hall–Kier alpha value is -3.65. The molecule has 2 aromatic carbocycles. The van der Waals surface area contributed by atoms with Crippen molar-refractivity contribution in [1.29, 1.82) is 5.26 Å². The van der Waals surface area contributed by atoms with E-state index in [1.165, 1.54) is 32.0 Å². The van der Waals surface area contributed by atoms with Gasteiger partial charge in [0.2, 0.25) is 0 Å². The fourth-order valence-electron chi connectivity index (χ4n) is 3.73. The highest BCUT2D eigenvalue weighted by atomic mass is 32.2. The second-order valence-electron chi connectivity index (χ2n) is 7.46. The van der Waals surface area contributed by atoms with Crippen molar-refractivity contribution >= 4 is 27.3 Å². The highest BCUT2D eigenvalue weighted by Gasteiger charge is 2.38. The van der Waals surface area contributed by atoms with Gasteiger partial charge in [0.1, 0.15) is 0 Å². The van der Waals surface area contributed by atoms with Crippen LogP contribution in [0.25, 0.3) is 0 Å². The number of benzene rings is 2. The Balaban J connectivity index is 2.23. The number of sulfone groups is 1. The van der Waals surface area contributed by atoms with E-state index in [2.05, 4.69) is 5.32 Å². The van der Waals surface area contributed by atoms with Crippen molar-refractivity contribution in [1.82, 2.24) is 5.32 Å². The average Bonchev–Trinajstić information content (AvgIpc) is 2.71. The first kappa shape index (κ1) is 24.0. The van der Waals surface area contributed by atoms with Crippen LogP contribution in [-0.2, 0) is 20.8 Å². The number of allylic oxidation sites excluding steroid dienone is 1. The maximum Gasteiger partial charge on any atom is 0.416 e. The van der Waals surface area contributed by atoms with E-state index in [-0.39, 0.29) is 33.0 Å². The predicted molar refractivity (Wildman–Crippen MR) is 113 cm³/mol. The van der Waals surface area contributed by atoms with Crippen molar-refractivity contribution in [2.75, 3.05) is 11.2 Å². The van der Waals surface area contributed by atoms with E-state index in [9.17, 15) is 31.2 Å². The number of ketones is 1. The fourth-order valence-corrected chi connectivity index (χ4v) is 4.68. The lowest BCUT2D eigenvalue weighted by Gasteiger charge is -2.36. The van der Waals surface area contributed by atoms with Crippen LogP contribution >= 0.6 is 0 Å². The Kier molecular flexibility index (Phi) is 6.08. The number of anilines is 1. The van der Waals surface area contributed by atoms with Crippen LogP contribution in [0, 0.1) is 11.3 Å². The van der Waals surface area contributed by atoms with Crippen LogP contribution in [0.1, 0.15) is 36.6 Å². The number of carbonyl (C=O) groups excluding carboxylic acids is 2. The normalized spacial score (nSPS) is 16.9. The van der Waals surface area contributed by atoms with Gasteiger partial charge in [0.25, 0.3) is 0 Å². The monoisotopic (exact) mass is 477 g/mol. The first-order chi connectivity index (χ1) is 15.3. The SMILES string of the molecule is CC(=O)C1=C(C)N(c2cccc(C(F)(F)F)c2)C(=O)NC1c1ccc(C#N)cc1S(C)(=O)=O. The first-order valence-corrected chi connectivity index (χ1v) is 11.4. The summed E-state index contributed by atoms with van der Waals surface area (Å²) >= 11 is 0. The van der Waals surface area contributed by atoms with E-state index in [1.54, 1.807) is 0 Å². The number of alkyl halides is 3. The molecule has 33 heavy (non-hydrogen) atoms. The number of hydrogen-bond donors (Lipinski definition) is 1. The molecule has 1 heterocycles. The van der Waals surface area contributed by atoms with Gasteiger partial charge in [0.15, 0.2) is 15.6 Å². The van der Waals surface area contributed by atoms with Crippen molar-refractivity contribution < 1.29 is 31.2 Å². The number of amides is 2. The molecule has 0 saturated carbocycles. The highest BCUT2D eigenvalue weighted by Crippen LogP contribution is 2.38. The number of halogens is 3. The van der Waals surface area contributed by atoms with E-state index >= 15 is 0 Å². The number of rotatable bonds is 4. The summed E-state index contributed by atoms with van der Waals surface area (Å²) < 4.78 is 64.3. The van der Waals surface area contributed by atoms with Crippen LogP contribution in [0.2, 0.25) is 0 Å². The number of Topliss-reactive ketones (excluding diaryl/α,β-unsaturated/α-hetero) is 1. The standard InChI is InChI=1S/C22H18F3N3O4S/c1-12-19(13(2)29)20(17-8-7-14(11-26)9-18(17)33(3,31)32)27-21(30)28(12)16-6-4-5-15(10-16)22(23,24)25/h4-10,20H,1-3H3,(H,27,30). The molecule has 0 aliphatic carbocycles. The van der Waals surface area contributed by atoms with Gasteiger partial charge in [-0.15, -0.1) is 0 Å². The van der Waals surface area contributed by atoms with Crippen molar-refractivity contribution in [3.63, 3.8) is 0 Å². The zero-order chi connectivity index (χ0) is 24.7. The Morgan fingerprint density at radius 1 is 1.18 bits per heavy atom. The summed E-state index contributed by atoms with van der Waals surface area (Å²) in [4.78, 5) is 26.2. The minimum Gasteiger partial charge on any atom is -0.326 e. The van der Waals surface area contributed by atoms with Gasteiger partial charge in [0, 0.05) is 17.5 Å². The number of carbonyl (C=O) groups is 2. The van der Waals surface area contributed by atoms with Gasteiger partial charge in [-0.25, -0.2) is 13.2 Å². The van der Waals surface area contributed by atoms with E-state index in [0.717, 1.165) is 35.4 Å². The van der Waals surface area contributed by atoms with Gasteiger partial charge in [-0.05, 0) is 49.7 Å². The number of hydrogen-bond acceptors (Lipinski definition) is 5. The summed E-state index contributed by atoms with van der Waals surface area (Å²) in [5.41, 5.74) is -0.894. The third-order valence-electron chi connectivity index (χ3n) is 5.15. The maximum absolute atomic E-state index is 13.2. The van der Waals surface area contributed by atoms with E-state index < -0.39 is 39.4 Å². The molecule has 1 atom stereocenters. The summed E-state index contributed by atoms with van der Waals surface area (Å²) in [6, 6.07) is 7.70. The van der Waals surface area contributed by atoms with Crippen LogP contribution in [0.3, 0.4) is 0 Å². The van der Waals surface area contributed by atoms with Crippen LogP contribution in [0.15, 0.2) is 58.6 Å². The molecule has 0 bridgehead atoms. The molecular formula is C22H18F3N3O4S. The molecule has 2 amide bonds. The van der Waals surface area contributed by atoms with Gasteiger partial charge in [-0.2, -0.15) is 18.4 Å². The van der Waals surface area contributed by atoms with Gasteiger partial charge >= 0.3 is 12.2 Å². The summed E-state index contributed by atoms with van der Waals surface area (Å²) in [7, 11) is -3.86. The maximum atomic E-state index is 13.2. The molecule has 0 radical (unpaired) electrons. The number of nitriles is 1. The Morgan fingerprint density at radius 2 is 1.85 bits per heavy atom. The third-order valence-corrected chi connectivity index (χ3v) is 6.30. The Bertz CT molecular complexity index is 1340. The summed E-state index contributed by atoms with van der Waals surface area (Å²) in [5, 5.41) is 11.7. The molecule has 0 fully saturated rings. The molecule has 7 nitrogen and oxygen atoms in total. The average molecular weight is 477 g/mol. The number of urea groups is 1. The summed E-state index contributed by atoms with van der Waals surface area (Å²) in [6.45, 7) is 2.60. The molecule has 0 aromatic heterocycles. The van der Waals surface area contributed by atoms with Crippen molar-refractivity contribution in [3.05, 3.63) is 70.4 Å². The number of nitrogens with one attached hydrogen (secondary N) is 1. The van der Waals surface area contributed by atoms with Crippen LogP contribution < -0.4 is 10.2 Å². The lowest BCUT2D eigenvalue weighted by Crippen LogP contribution is -2.48. The van der Waals surface area contributed by atoms with Crippen molar-refractivity contribution in [2.45, 2.75) is 31.0 Å². The quantitative estimate of drug-likeness (QED) is 0.713.